The highest BCUT2D eigenvalue weighted by atomic mass is 35.5. The van der Waals surface area contributed by atoms with E-state index in [2.05, 4.69) is 10.3 Å². The first-order valence-corrected chi connectivity index (χ1v) is 12.6. The van der Waals surface area contributed by atoms with Crippen molar-refractivity contribution in [2.45, 2.75) is 19.5 Å². The molecule has 1 unspecified atom stereocenters. The molecule has 2 aromatic carbocycles. The fourth-order valence-electron chi connectivity index (χ4n) is 4.51. The number of benzene rings is 2. The molecular weight excluding hydrogens is 521 g/mol. The molecule has 39 heavy (non-hydrogen) atoms. The number of fused-ring (bicyclic) bond motifs is 1. The van der Waals surface area contributed by atoms with E-state index in [0.717, 1.165) is 5.56 Å². The average Bonchev–Trinajstić information content (AvgIpc) is 3.34. The zero-order valence-corrected chi connectivity index (χ0v) is 22.0. The van der Waals surface area contributed by atoms with Crippen molar-refractivity contribution in [3.05, 3.63) is 112 Å². The number of hydrogen-bond donors (Lipinski definition) is 1. The predicted molar refractivity (Wildman–Crippen MR) is 146 cm³/mol. The standard InChI is InChI=1S/C29H25ClFN5O3/c1-18(25-5-3-4-14-32-25)33-28(37)26-24-17-35(29(38)39-2)16-20(15-19-6-10-22(31)11-7-19)27(24)36(34-26)23-12-8-21(30)9-13-23/h3-15,18H,16-17H2,1-2H3,(H,33,37). The Balaban J connectivity index is 1.65. The van der Waals surface area contributed by atoms with E-state index < -0.39 is 12.0 Å². The number of pyridine rings is 1. The van der Waals surface area contributed by atoms with Crippen LogP contribution < -0.4 is 5.32 Å². The van der Waals surface area contributed by atoms with Crippen LogP contribution in [0.4, 0.5) is 9.18 Å². The number of rotatable bonds is 5. The van der Waals surface area contributed by atoms with Crippen molar-refractivity contribution < 1.29 is 18.7 Å². The van der Waals surface area contributed by atoms with E-state index in [1.807, 2.05) is 25.1 Å². The molecule has 2 aromatic heterocycles. The summed E-state index contributed by atoms with van der Waals surface area (Å²) >= 11 is 6.13. The number of carbonyl (C=O) groups excluding carboxylic acids is 2. The van der Waals surface area contributed by atoms with E-state index in [4.69, 9.17) is 21.4 Å². The van der Waals surface area contributed by atoms with E-state index in [-0.39, 0.29) is 30.6 Å². The number of nitrogens with one attached hydrogen (secondary N) is 1. The maximum atomic E-state index is 13.6. The number of aromatic nitrogens is 3. The number of ether oxygens (including phenoxy) is 1. The summed E-state index contributed by atoms with van der Waals surface area (Å²) in [7, 11) is 1.31. The minimum Gasteiger partial charge on any atom is -0.453 e. The van der Waals surface area contributed by atoms with Gasteiger partial charge in [0.15, 0.2) is 5.69 Å². The van der Waals surface area contributed by atoms with Gasteiger partial charge in [0, 0.05) is 16.8 Å². The molecule has 1 atom stereocenters. The Bertz CT molecular complexity index is 1540. The van der Waals surface area contributed by atoms with Crippen LogP contribution in [0.5, 0.6) is 0 Å². The van der Waals surface area contributed by atoms with Crippen molar-refractivity contribution in [1.82, 2.24) is 25.0 Å². The van der Waals surface area contributed by atoms with Crippen LogP contribution in [0.2, 0.25) is 5.02 Å². The Morgan fingerprint density at radius 1 is 1.08 bits per heavy atom. The van der Waals surface area contributed by atoms with Gasteiger partial charge in [-0.2, -0.15) is 5.10 Å². The quantitative estimate of drug-likeness (QED) is 0.349. The minimum absolute atomic E-state index is 0.108. The lowest BCUT2D eigenvalue weighted by Crippen LogP contribution is -2.36. The highest BCUT2D eigenvalue weighted by molar-refractivity contribution is 6.30. The van der Waals surface area contributed by atoms with Gasteiger partial charge in [-0.05, 0) is 72.7 Å². The van der Waals surface area contributed by atoms with Gasteiger partial charge < -0.3 is 10.1 Å². The Hall–Kier alpha value is -4.50. The smallest absolute Gasteiger partial charge is 0.410 e. The van der Waals surface area contributed by atoms with E-state index in [1.54, 1.807) is 53.3 Å². The predicted octanol–water partition coefficient (Wildman–Crippen LogP) is 5.67. The Labute approximate surface area is 229 Å². The monoisotopic (exact) mass is 545 g/mol. The summed E-state index contributed by atoms with van der Waals surface area (Å²) in [6.07, 6.45) is 2.97. The first kappa shape index (κ1) is 26.1. The third-order valence-electron chi connectivity index (χ3n) is 6.41. The van der Waals surface area contributed by atoms with Crippen molar-refractivity contribution in [2.24, 2.45) is 0 Å². The van der Waals surface area contributed by atoms with E-state index >= 15 is 0 Å². The number of methoxy groups -OCH3 is 1. The largest absolute Gasteiger partial charge is 0.453 e. The van der Waals surface area contributed by atoms with E-state index in [0.29, 0.717) is 33.2 Å². The molecule has 0 radical (unpaired) electrons. The lowest BCUT2D eigenvalue weighted by molar-refractivity contribution is 0.0929. The highest BCUT2D eigenvalue weighted by Gasteiger charge is 2.34. The summed E-state index contributed by atoms with van der Waals surface area (Å²) in [6, 6.07) is 18.2. The van der Waals surface area contributed by atoms with Crippen LogP contribution in [0.3, 0.4) is 0 Å². The third kappa shape index (κ3) is 5.53. The summed E-state index contributed by atoms with van der Waals surface area (Å²) in [4.78, 5) is 32.1. The third-order valence-corrected chi connectivity index (χ3v) is 6.66. The highest BCUT2D eigenvalue weighted by Crippen LogP contribution is 2.34. The lowest BCUT2D eigenvalue weighted by Gasteiger charge is -2.29. The fraction of sp³-hybridized carbons (Fsp3) is 0.172. The first-order valence-electron chi connectivity index (χ1n) is 12.2. The molecule has 0 saturated heterocycles. The second-order valence-electron chi connectivity index (χ2n) is 9.06. The molecule has 10 heteroatoms. The van der Waals surface area contributed by atoms with Crippen LogP contribution in [-0.4, -0.2) is 45.3 Å². The van der Waals surface area contributed by atoms with E-state index in [1.165, 1.54) is 24.1 Å². The molecular formula is C29H25ClFN5O3. The van der Waals surface area contributed by atoms with Crippen molar-refractivity contribution in [3.63, 3.8) is 0 Å². The molecule has 3 heterocycles. The molecule has 5 rings (SSSR count). The molecule has 0 fully saturated rings. The SMILES string of the molecule is COC(=O)N1CC(=Cc2ccc(F)cc2)c2c(c(C(=O)NC(C)c3ccccn3)nn2-c2ccc(Cl)cc2)C1. The second-order valence-corrected chi connectivity index (χ2v) is 9.50. The molecule has 1 N–H and O–H groups in total. The van der Waals surface area contributed by atoms with Crippen molar-refractivity contribution in [1.29, 1.82) is 0 Å². The minimum atomic E-state index is -0.543. The number of nitrogens with zero attached hydrogens (tertiary/aromatic N) is 4. The first-order chi connectivity index (χ1) is 18.8. The van der Waals surface area contributed by atoms with Gasteiger partial charge in [0.1, 0.15) is 5.82 Å². The number of hydrogen-bond acceptors (Lipinski definition) is 5. The second kappa shape index (κ2) is 11.1. The summed E-state index contributed by atoms with van der Waals surface area (Å²) in [6.45, 7) is 2.14. The number of amides is 2. The summed E-state index contributed by atoms with van der Waals surface area (Å²) in [5, 5.41) is 8.25. The van der Waals surface area contributed by atoms with Gasteiger partial charge in [-0.25, -0.2) is 13.9 Å². The summed E-state index contributed by atoms with van der Waals surface area (Å²) in [5.74, 6) is -0.769. The van der Waals surface area contributed by atoms with E-state index in [9.17, 15) is 14.0 Å². The molecule has 198 valence electrons. The zero-order chi connectivity index (χ0) is 27.5. The molecule has 0 spiro atoms. The molecule has 1 aliphatic rings. The topological polar surface area (TPSA) is 89.3 Å². The van der Waals surface area contributed by atoms with Crippen molar-refractivity contribution in [3.8, 4) is 5.69 Å². The summed E-state index contributed by atoms with van der Waals surface area (Å²) < 4.78 is 20.3. The Morgan fingerprint density at radius 2 is 1.82 bits per heavy atom. The van der Waals surface area contributed by atoms with Gasteiger partial charge in [-0.1, -0.05) is 29.8 Å². The molecule has 2 amide bonds. The number of halogens is 2. The van der Waals surface area contributed by atoms with Crippen molar-refractivity contribution in [2.75, 3.05) is 13.7 Å². The van der Waals surface area contributed by atoms with Crippen LogP contribution in [0.25, 0.3) is 17.3 Å². The zero-order valence-electron chi connectivity index (χ0n) is 21.3. The Morgan fingerprint density at radius 3 is 2.49 bits per heavy atom. The molecule has 0 saturated carbocycles. The lowest BCUT2D eigenvalue weighted by atomic mass is 9.97. The van der Waals surface area contributed by atoms with Gasteiger partial charge in [-0.15, -0.1) is 0 Å². The van der Waals surface area contributed by atoms with Gasteiger partial charge in [0.2, 0.25) is 0 Å². The van der Waals surface area contributed by atoms with Crippen LogP contribution in [0.1, 0.15) is 46.0 Å². The van der Waals surface area contributed by atoms with Crippen LogP contribution >= 0.6 is 11.6 Å². The molecule has 0 bridgehead atoms. The van der Waals surface area contributed by atoms with Crippen LogP contribution in [-0.2, 0) is 11.3 Å². The Kier molecular flexibility index (Phi) is 7.42. The molecule has 8 nitrogen and oxygen atoms in total. The van der Waals surface area contributed by atoms with Gasteiger partial charge in [0.25, 0.3) is 5.91 Å². The molecule has 4 aromatic rings. The maximum absolute atomic E-state index is 13.6. The maximum Gasteiger partial charge on any atom is 0.410 e. The van der Waals surface area contributed by atoms with Gasteiger partial charge in [0.05, 0.1) is 43.3 Å². The molecule has 0 aliphatic carbocycles. The summed E-state index contributed by atoms with van der Waals surface area (Å²) in [5.41, 5.74) is 4.20. The number of carbonyl (C=O) groups is 2. The normalized spacial score (nSPS) is 14.6. The van der Waals surface area contributed by atoms with Crippen LogP contribution in [0.15, 0.2) is 72.9 Å². The van der Waals surface area contributed by atoms with Gasteiger partial charge >= 0.3 is 6.09 Å². The van der Waals surface area contributed by atoms with Crippen molar-refractivity contribution >= 4 is 35.3 Å². The average molecular weight is 546 g/mol. The molecule has 1 aliphatic heterocycles. The fourth-order valence-corrected chi connectivity index (χ4v) is 4.64. The van der Waals surface area contributed by atoms with Crippen LogP contribution in [0, 0.1) is 5.82 Å². The van der Waals surface area contributed by atoms with Gasteiger partial charge in [-0.3, -0.25) is 14.7 Å².